The summed E-state index contributed by atoms with van der Waals surface area (Å²) in [6.45, 7) is 0.628. The van der Waals surface area contributed by atoms with Crippen molar-refractivity contribution >= 4 is 33.2 Å². The standard InChI is InChI=1S/C11H9BrClNO/c12-8-3-4-10(13)11(6-8)14-7-9-2-1-5-15-9/h1-6,14H,7H2. The zero-order chi connectivity index (χ0) is 10.7. The predicted molar refractivity (Wildman–Crippen MR) is 65.2 cm³/mol. The van der Waals surface area contributed by atoms with E-state index in [0.717, 1.165) is 15.9 Å². The molecule has 0 aliphatic carbocycles. The molecule has 0 saturated heterocycles. The molecule has 1 aromatic heterocycles. The number of hydrogen-bond acceptors (Lipinski definition) is 2. The van der Waals surface area contributed by atoms with Gasteiger partial charge in [-0.2, -0.15) is 0 Å². The van der Waals surface area contributed by atoms with Crippen LogP contribution in [-0.4, -0.2) is 0 Å². The van der Waals surface area contributed by atoms with Gasteiger partial charge in [-0.1, -0.05) is 27.5 Å². The fourth-order valence-electron chi connectivity index (χ4n) is 1.23. The second-order valence-electron chi connectivity index (χ2n) is 3.06. The van der Waals surface area contributed by atoms with Crippen LogP contribution in [0.4, 0.5) is 5.69 Å². The Morgan fingerprint density at radius 3 is 2.93 bits per heavy atom. The lowest BCUT2D eigenvalue weighted by molar-refractivity contribution is 0.518. The van der Waals surface area contributed by atoms with E-state index in [0.29, 0.717) is 11.6 Å². The molecule has 4 heteroatoms. The van der Waals surface area contributed by atoms with E-state index in [1.165, 1.54) is 0 Å². The maximum absolute atomic E-state index is 6.02. The molecule has 0 radical (unpaired) electrons. The summed E-state index contributed by atoms with van der Waals surface area (Å²) in [4.78, 5) is 0. The van der Waals surface area contributed by atoms with E-state index in [9.17, 15) is 0 Å². The monoisotopic (exact) mass is 285 g/mol. The van der Waals surface area contributed by atoms with E-state index in [-0.39, 0.29) is 0 Å². The average molecular weight is 287 g/mol. The van der Waals surface area contributed by atoms with Crippen LogP contribution in [0.25, 0.3) is 0 Å². The molecule has 0 amide bonds. The van der Waals surface area contributed by atoms with Crippen LogP contribution in [0.3, 0.4) is 0 Å². The molecule has 0 spiro atoms. The lowest BCUT2D eigenvalue weighted by Gasteiger charge is -2.06. The van der Waals surface area contributed by atoms with Crippen LogP contribution in [0.5, 0.6) is 0 Å². The van der Waals surface area contributed by atoms with Crippen molar-refractivity contribution in [2.45, 2.75) is 6.54 Å². The highest BCUT2D eigenvalue weighted by Gasteiger charge is 2.01. The minimum Gasteiger partial charge on any atom is -0.467 e. The van der Waals surface area contributed by atoms with Crippen LogP contribution in [0.15, 0.2) is 45.5 Å². The van der Waals surface area contributed by atoms with Crippen molar-refractivity contribution < 1.29 is 4.42 Å². The second kappa shape index (κ2) is 4.73. The number of furan rings is 1. The fraction of sp³-hybridized carbons (Fsp3) is 0.0909. The summed E-state index contributed by atoms with van der Waals surface area (Å²) in [5, 5.41) is 3.90. The zero-order valence-electron chi connectivity index (χ0n) is 7.84. The summed E-state index contributed by atoms with van der Waals surface area (Å²) >= 11 is 9.42. The molecule has 0 fully saturated rings. The lowest BCUT2D eigenvalue weighted by atomic mass is 10.3. The molecule has 2 nitrogen and oxygen atoms in total. The van der Waals surface area contributed by atoms with Gasteiger partial charge in [-0.15, -0.1) is 0 Å². The fourth-order valence-corrected chi connectivity index (χ4v) is 1.77. The summed E-state index contributed by atoms with van der Waals surface area (Å²) in [5.41, 5.74) is 0.891. The van der Waals surface area contributed by atoms with Gasteiger partial charge in [-0.3, -0.25) is 0 Å². The predicted octanol–water partition coefficient (Wildman–Crippen LogP) is 4.31. The largest absolute Gasteiger partial charge is 0.467 e. The van der Waals surface area contributed by atoms with Crippen LogP contribution in [-0.2, 0) is 6.54 Å². The quantitative estimate of drug-likeness (QED) is 0.909. The van der Waals surface area contributed by atoms with Gasteiger partial charge in [-0.05, 0) is 30.3 Å². The van der Waals surface area contributed by atoms with Gasteiger partial charge < -0.3 is 9.73 Å². The molecule has 2 aromatic rings. The zero-order valence-corrected chi connectivity index (χ0v) is 10.2. The van der Waals surface area contributed by atoms with Crippen molar-refractivity contribution in [1.82, 2.24) is 0 Å². The highest BCUT2D eigenvalue weighted by molar-refractivity contribution is 9.10. The van der Waals surface area contributed by atoms with E-state index in [2.05, 4.69) is 21.2 Å². The van der Waals surface area contributed by atoms with Gasteiger partial charge >= 0.3 is 0 Å². The van der Waals surface area contributed by atoms with E-state index in [4.69, 9.17) is 16.0 Å². The normalized spacial score (nSPS) is 10.3. The van der Waals surface area contributed by atoms with Crippen LogP contribution in [0.2, 0.25) is 5.02 Å². The van der Waals surface area contributed by atoms with Crippen molar-refractivity contribution in [2.24, 2.45) is 0 Å². The third-order valence-electron chi connectivity index (χ3n) is 1.96. The number of halogens is 2. The Morgan fingerprint density at radius 1 is 1.33 bits per heavy atom. The smallest absolute Gasteiger partial charge is 0.122 e. The minimum absolute atomic E-state index is 0.628. The SMILES string of the molecule is Clc1ccc(Br)cc1NCc1ccco1. The Bertz CT molecular complexity index is 442. The first-order valence-corrected chi connectivity index (χ1v) is 5.64. The van der Waals surface area contributed by atoms with Gasteiger partial charge in [0.1, 0.15) is 5.76 Å². The maximum atomic E-state index is 6.02. The second-order valence-corrected chi connectivity index (χ2v) is 4.38. The van der Waals surface area contributed by atoms with Crippen molar-refractivity contribution in [3.05, 3.63) is 51.9 Å². The summed E-state index contributed by atoms with van der Waals surface area (Å²) in [5.74, 6) is 0.881. The first kappa shape index (κ1) is 10.6. The van der Waals surface area contributed by atoms with Crippen LogP contribution in [0.1, 0.15) is 5.76 Å². The Morgan fingerprint density at radius 2 is 2.20 bits per heavy atom. The van der Waals surface area contributed by atoms with Crippen molar-refractivity contribution in [3.63, 3.8) is 0 Å². The summed E-state index contributed by atoms with van der Waals surface area (Å²) < 4.78 is 6.20. The number of hydrogen-bond donors (Lipinski definition) is 1. The summed E-state index contributed by atoms with van der Waals surface area (Å²) in [7, 11) is 0. The van der Waals surface area contributed by atoms with Gasteiger partial charge in [0.2, 0.25) is 0 Å². The average Bonchev–Trinajstić information content (AvgIpc) is 2.72. The number of benzene rings is 1. The molecule has 78 valence electrons. The number of nitrogens with one attached hydrogen (secondary N) is 1. The molecular formula is C11H9BrClNO. The Hall–Kier alpha value is -0.930. The third-order valence-corrected chi connectivity index (χ3v) is 2.78. The molecule has 0 saturated carbocycles. The number of rotatable bonds is 3. The molecule has 0 aliphatic heterocycles. The molecule has 1 heterocycles. The van der Waals surface area contributed by atoms with Gasteiger partial charge in [0.25, 0.3) is 0 Å². The maximum Gasteiger partial charge on any atom is 0.122 e. The molecule has 0 atom stereocenters. The van der Waals surface area contributed by atoms with Crippen molar-refractivity contribution in [2.75, 3.05) is 5.32 Å². The van der Waals surface area contributed by atoms with E-state index in [1.807, 2.05) is 30.3 Å². The van der Waals surface area contributed by atoms with E-state index >= 15 is 0 Å². The minimum atomic E-state index is 0.628. The molecule has 0 unspecified atom stereocenters. The molecule has 0 bridgehead atoms. The van der Waals surface area contributed by atoms with Crippen molar-refractivity contribution in [1.29, 1.82) is 0 Å². The van der Waals surface area contributed by atoms with Crippen LogP contribution < -0.4 is 5.32 Å². The summed E-state index contributed by atoms with van der Waals surface area (Å²) in [6.07, 6.45) is 1.65. The molecule has 2 rings (SSSR count). The highest BCUT2D eigenvalue weighted by Crippen LogP contribution is 2.26. The first-order valence-electron chi connectivity index (χ1n) is 4.47. The van der Waals surface area contributed by atoms with Gasteiger partial charge in [0, 0.05) is 4.47 Å². The molecule has 15 heavy (non-hydrogen) atoms. The Labute approximate surface area is 101 Å². The molecule has 1 aromatic carbocycles. The Kier molecular flexibility index (Phi) is 3.34. The van der Waals surface area contributed by atoms with Gasteiger partial charge in [0.05, 0.1) is 23.5 Å². The highest BCUT2D eigenvalue weighted by atomic mass is 79.9. The lowest BCUT2D eigenvalue weighted by Crippen LogP contribution is -1.98. The topological polar surface area (TPSA) is 25.2 Å². The van der Waals surface area contributed by atoms with E-state index in [1.54, 1.807) is 6.26 Å². The third kappa shape index (κ3) is 2.76. The van der Waals surface area contributed by atoms with Gasteiger partial charge in [-0.25, -0.2) is 0 Å². The molecule has 0 aliphatic rings. The summed E-state index contributed by atoms with van der Waals surface area (Å²) in [6, 6.07) is 9.46. The number of anilines is 1. The van der Waals surface area contributed by atoms with Gasteiger partial charge in [0.15, 0.2) is 0 Å². The van der Waals surface area contributed by atoms with Crippen molar-refractivity contribution in [3.8, 4) is 0 Å². The molecule has 1 N–H and O–H groups in total. The Balaban J connectivity index is 2.07. The first-order chi connectivity index (χ1) is 7.25. The molecular weight excluding hydrogens is 277 g/mol. The van der Waals surface area contributed by atoms with E-state index < -0.39 is 0 Å². The van der Waals surface area contributed by atoms with Crippen LogP contribution in [0, 0.1) is 0 Å². The van der Waals surface area contributed by atoms with Crippen LogP contribution >= 0.6 is 27.5 Å².